The molecular weight excluding hydrogens is 250 g/mol. The van der Waals surface area contributed by atoms with Crippen LogP contribution in [0.5, 0.6) is 0 Å². The zero-order valence-corrected chi connectivity index (χ0v) is 13.7. The van der Waals surface area contributed by atoms with Crippen molar-refractivity contribution >= 4 is 5.96 Å². The number of guanidine groups is 1. The summed E-state index contributed by atoms with van der Waals surface area (Å²) in [6.07, 6.45) is 1.94. The van der Waals surface area contributed by atoms with E-state index in [2.05, 4.69) is 50.4 Å². The van der Waals surface area contributed by atoms with Gasteiger partial charge in [-0.05, 0) is 33.6 Å². The maximum atomic E-state index is 4.70. The first-order valence-electron chi connectivity index (χ1n) is 7.61. The highest BCUT2D eigenvalue weighted by Crippen LogP contribution is 2.16. The molecule has 0 aromatic carbocycles. The van der Waals surface area contributed by atoms with Crippen LogP contribution >= 0.6 is 0 Å². The molecule has 1 aromatic rings. The maximum absolute atomic E-state index is 4.70. The van der Waals surface area contributed by atoms with E-state index >= 15 is 0 Å². The van der Waals surface area contributed by atoms with Gasteiger partial charge in [0.25, 0.3) is 0 Å². The van der Waals surface area contributed by atoms with E-state index < -0.39 is 0 Å². The highest BCUT2D eigenvalue weighted by Gasteiger charge is 2.13. The first-order valence-corrected chi connectivity index (χ1v) is 7.61. The first kappa shape index (κ1) is 16.5. The first-order chi connectivity index (χ1) is 9.53. The Morgan fingerprint density at radius 2 is 1.95 bits per heavy atom. The molecule has 0 radical (unpaired) electrons. The Morgan fingerprint density at radius 1 is 1.25 bits per heavy atom. The molecule has 0 spiro atoms. The molecule has 114 valence electrons. The number of nitrogens with zero attached hydrogens (tertiary/aromatic N) is 3. The predicted octanol–water partition coefficient (Wildman–Crippen LogP) is 2.01. The molecule has 0 amide bonds. The summed E-state index contributed by atoms with van der Waals surface area (Å²) in [4.78, 5) is 4.70. The molecule has 1 aromatic heterocycles. The van der Waals surface area contributed by atoms with Gasteiger partial charge in [0.2, 0.25) is 0 Å². The Bertz CT molecular complexity index is 445. The third-order valence-corrected chi connectivity index (χ3v) is 3.19. The molecule has 5 nitrogen and oxygen atoms in total. The summed E-state index contributed by atoms with van der Waals surface area (Å²) in [5, 5.41) is 11.2. The zero-order valence-electron chi connectivity index (χ0n) is 13.7. The van der Waals surface area contributed by atoms with Crippen molar-refractivity contribution in [3.63, 3.8) is 0 Å². The summed E-state index contributed by atoms with van der Waals surface area (Å²) in [5.41, 5.74) is 3.72. The molecule has 0 unspecified atom stereocenters. The fourth-order valence-corrected chi connectivity index (χ4v) is 2.32. The van der Waals surface area contributed by atoms with E-state index in [9.17, 15) is 0 Å². The molecule has 20 heavy (non-hydrogen) atoms. The summed E-state index contributed by atoms with van der Waals surface area (Å²) >= 11 is 0. The molecule has 0 atom stereocenters. The van der Waals surface area contributed by atoms with Gasteiger partial charge < -0.3 is 10.6 Å². The van der Waals surface area contributed by atoms with Crippen LogP contribution in [0.1, 0.15) is 51.6 Å². The van der Waals surface area contributed by atoms with Crippen molar-refractivity contribution in [2.75, 3.05) is 6.54 Å². The minimum atomic E-state index is 0.373. The number of aromatic nitrogens is 2. The second-order valence-electron chi connectivity index (χ2n) is 5.20. The van der Waals surface area contributed by atoms with E-state index in [1.807, 2.05) is 11.7 Å². The Morgan fingerprint density at radius 3 is 2.45 bits per heavy atom. The van der Waals surface area contributed by atoms with Gasteiger partial charge in [-0.15, -0.1) is 0 Å². The number of aliphatic imine (C=N–C) groups is 1. The Balaban J connectivity index is 2.95. The second kappa shape index (κ2) is 7.92. The molecule has 1 rings (SSSR count). The highest BCUT2D eigenvalue weighted by atomic mass is 15.3. The van der Waals surface area contributed by atoms with Gasteiger partial charge in [-0.2, -0.15) is 5.10 Å². The van der Waals surface area contributed by atoms with Crippen LogP contribution in [0.3, 0.4) is 0 Å². The SMILES string of the molecule is CCNC(=NCc1c(CC)nn(C)c1CC)NC(C)C. The largest absolute Gasteiger partial charge is 0.357 e. The van der Waals surface area contributed by atoms with Crippen LogP contribution in [0, 0.1) is 0 Å². The summed E-state index contributed by atoms with van der Waals surface area (Å²) in [7, 11) is 2.02. The second-order valence-corrected chi connectivity index (χ2v) is 5.20. The van der Waals surface area contributed by atoms with E-state index in [-0.39, 0.29) is 0 Å². The third-order valence-electron chi connectivity index (χ3n) is 3.19. The van der Waals surface area contributed by atoms with E-state index in [1.165, 1.54) is 11.3 Å². The molecule has 0 aliphatic carbocycles. The summed E-state index contributed by atoms with van der Waals surface area (Å²) in [5.74, 6) is 0.871. The van der Waals surface area contributed by atoms with Crippen molar-refractivity contribution in [1.82, 2.24) is 20.4 Å². The van der Waals surface area contributed by atoms with Gasteiger partial charge in [0.05, 0.1) is 12.2 Å². The molecule has 0 saturated carbocycles. The summed E-state index contributed by atoms with van der Waals surface area (Å²) < 4.78 is 1.99. The van der Waals surface area contributed by atoms with E-state index in [1.54, 1.807) is 0 Å². The third kappa shape index (κ3) is 4.25. The van der Waals surface area contributed by atoms with Crippen LogP contribution < -0.4 is 10.6 Å². The lowest BCUT2D eigenvalue weighted by molar-refractivity contribution is 0.697. The van der Waals surface area contributed by atoms with Gasteiger partial charge in [-0.3, -0.25) is 4.68 Å². The number of hydrogen-bond acceptors (Lipinski definition) is 2. The highest BCUT2D eigenvalue weighted by molar-refractivity contribution is 5.80. The quantitative estimate of drug-likeness (QED) is 0.618. The smallest absolute Gasteiger partial charge is 0.191 e. The fourth-order valence-electron chi connectivity index (χ4n) is 2.32. The van der Waals surface area contributed by atoms with Crippen LogP contribution in [-0.4, -0.2) is 28.3 Å². The zero-order chi connectivity index (χ0) is 15.1. The molecule has 0 bridgehead atoms. The summed E-state index contributed by atoms with van der Waals surface area (Å²) in [6.45, 7) is 12.2. The molecule has 0 saturated heterocycles. The lowest BCUT2D eigenvalue weighted by Gasteiger charge is -2.14. The van der Waals surface area contributed by atoms with Crippen LogP contribution in [0.25, 0.3) is 0 Å². The van der Waals surface area contributed by atoms with Crippen molar-refractivity contribution in [2.45, 2.75) is 60.0 Å². The minimum absolute atomic E-state index is 0.373. The average molecular weight is 279 g/mol. The molecule has 1 heterocycles. The van der Waals surface area contributed by atoms with Gasteiger partial charge in [-0.25, -0.2) is 4.99 Å². The number of rotatable bonds is 6. The lowest BCUT2D eigenvalue weighted by Crippen LogP contribution is -2.41. The molecular formula is C15H29N5. The van der Waals surface area contributed by atoms with Gasteiger partial charge in [0.15, 0.2) is 5.96 Å². The lowest BCUT2D eigenvalue weighted by atomic mass is 10.1. The molecule has 5 heteroatoms. The van der Waals surface area contributed by atoms with Crippen LogP contribution in [0.4, 0.5) is 0 Å². The Labute approximate surface area is 122 Å². The molecule has 0 aliphatic rings. The van der Waals surface area contributed by atoms with E-state index in [4.69, 9.17) is 4.99 Å². The van der Waals surface area contributed by atoms with Gasteiger partial charge in [-0.1, -0.05) is 13.8 Å². The topological polar surface area (TPSA) is 54.2 Å². The van der Waals surface area contributed by atoms with Crippen LogP contribution in [0.2, 0.25) is 0 Å². The average Bonchev–Trinajstić information content (AvgIpc) is 2.71. The normalized spacial score (nSPS) is 12.1. The standard InChI is InChI=1S/C15H29N5/c1-7-13-12(14(8-2)20(6)19-13)10-17-15(16-9-3)18-11(4)5/h11H,7-10H2,1-6H3,(H2,16,17,18). The van der Waals surface area contributed by atoms with Crippen molar-refractivity contribution in [3.05, 3.63) is 17.0 Å². The number of nitrogens with one attached hydrogen (secondary N) is 2. The predicted molar refractivity (Wildman–Crippen MR) is 85.1 cm³/mol. The van der Waals surface area contributed by atoms with Gasteiger partial charge in [0, 0.05) is 30.9 Å². The molecule has 2 N–H and O–H groups in total. The maximum Gasteiger partial charge on any atom is 0.191 e. The molecule has 0 aliphatic heterocycles. The monoisotopic (exact) mass is 279 g/mol. The van der Waals surface area contributed by atoms with Gasteiger partial charge in [0.1, 0.15) is 0 Å². The molecule has 0 fully saturated rings. The van der Waals surface area contributed by atoms with Crippen molar-refractivity contribution in [1.29, 1.82) is 0 Å². The number of aryl methyl sites for hydroxylation is 2. The van der Waals surface area contributed by atoms with Crippen molar-refractivity contribution in [2.24, 2.45) is 12.0 Å². The van der Waals surface area contributed by atoms with Crippen LogP contribution in [-0.2, 0) is 26.4 Å². The van der Waals surface area contributed by atoms with Crippen LogP contribution in [0.15, 0.2) is 4.99 Å². The van der Waals surface area contributed by atoms with Crippen molar-refractivity contribution < 1.29 is 0 Å². The van der Waals surface area contributed by atoms with E-state index in [0.29, 0.717) is 12.6 Å². The fraction of sp³-hybridized carbons (Fsp3) is 0.733. The Kier molecular flexibility index (Phi) is 6.55. The Hall–Kier alpha value is -1.52. The van der Waals surface area contributed by atoms with Crippen molar-refractivity contribution in [3.8, 4) is 0 Å². The van der Waals surface area contributed by atoms with E-state index in [0.717, 1.165) is 31.0 Å². The number of hydrogen-bond donors (Lipinski definition) is 2. The van der Waals surface area contributed by atoms with Gasteiger partial charge >= 0.3 is 0 Å². The summed E-state index contributed by atoms with van der Waals surface area (Å²) in [6, 6.07) is 0.373. The minimum Gasteiger partial charge on any atom is -0.357 e.